The Morgan fingerprint density at radius 3 is 2.76 bits per heavy atom. The molecule has 29 heavy (non-hydrogen) atoms. The summed E-state index contributed by atoms with van der Waals surface area (Å²) < 4.78 is 1.83. The summed E-state index contributed by atoms with van der Waals surface area (Å²) in [5.74, 6) is 1.05. The zero-order chi connectivity index (χ0) is 19.8. The molecule has 1 saturated heterocycles. The first-order valence-corrected chi connectivity index (χ1v) is 9.80. The summed E-state index contributed by atoms with van der Waals surface area (Å²) >= 11 is 0. The first kappa shape index (κ1) is 17.6. The molecule has 0 spiro atoms. The van der Waals surface area contributed by atoms with Crippen molar-refractivity contribution in [3.8, 4) is 11.1 Å². The van der Waals surface area contributed by atoms with Gasteiger partial charge < -0.3 is 4.90 Å². The fraction of sp³-hybridized carbons (Fsp3) is 0.217. The van der Waals surface area contributed by atoms with Crippen molar-refractivity contribution in [1.29, 1.82) is 0 Å². The normalized spacial score (nSPS) is 16.4. The number of carbonyl (C=O) groups excluding carboxylic acids is 1. The summed E-state index contributed by atoms with van der Waals surface area (Å²) in [7, 11) is 0. The van der Waals surface area contributed by atoms with Gasteiger partial charge >= 0.3 is 0 Å². The number of hydrogen-bond donors (Lipinski definition) is 0. The molecule has 144 valence electrons. The van der Waals surface area contributed by atoms with Crippen LogP contribution in [0, 0.1) is 6.92 Å². The van der Waals surface area contributed by atoms with Crippen molar-refractivity contribution >= 4 is 11.6 Å². The Kier molecular flexibility index (Phi) is 4.31. The summed E-state index contributed by atoms with van der Waals surface area (Å²) in [5.41, 5.74) is 4.82. The molecule has 0 saturated carbocycles. The number of aryl methyl sites for hydroxylation is 1. The molecule has 6 heteroatoms. The van der Waals surface area contributed by atoms with Gasteiger partial charge in [0, 0.05) is 48.7 Å². The molecule has 1 aliphatic heterocycles. The molecule has 0 unspecified atom stereocenters. The Hall–Kier alpha value is -3.54. The van der Waals surface area contributed by atoms with E-state index in [1.165, 1.54) is 0 Å². The number of aromatic nitrogens is 4. The van der Waals surface area contributed by atoms with E-state index in [0.29, 0.717) is 6.54 Å². The maximum Gasteiger partial charge on any atom is 0.253 e. The van der Waals surface area contributed by atoms with Gasteiger partial charge in [-0.05, 0) is 55.3 Å². The lowest BCUT2D eigenvalue weighted by Crippen LogP contribution is -2.28. The van der Waals surface area contributed by atoms with E-state index in [1.54, 1.807) is 12.4 Å². The lowest BCUT2D eigenvalue weighted by molar-refractivity contribution is 0.0790. The molecule has 1 aromatic carbocycles. The van der Waals surface area contributed by atoms with Crippen LogP contribution in [-0.2, 0) is 0 Å². The molecule has 0 bridgehead atoms. The summed E-state index contributed by atoms with van der Waals surface area (Å²) in [5, 5.41) is 4.71. The van der Waals surface area contributed by atoms with Crippen LogP contribution in [-0.4, -0.2) is 43.5 Å². The number of pyridine rings is 2. The zero-order valence-electron chi connectivity index (χ0n) is 16.2. The van der Waals surface area contributed by atoms with Crippen LogP contribution in [0.2, 0.25) is 0 Å². The van der Waals surface area contributed by atoms with E-state index in [4.69, 9.17) is 10.1 Å². The molecule has 5 rings (SSSR count). The molecular weight excluding hydrogens is 362 g/mol. The van der Waals surface area contributed by atoms with Gasteiger partial charge in [-0.15, -0.1) is 0 Å². The van der Waals surface area contributed by atoms with Gasteiger partial charge in [-0.1, -0.05) is 17.7 Å². The third kappa shape index (κ3) is 3.38. The molecule has 6 nitrogen and oxygen atoms in total. The van der Waals surface area contributed by atoms with Crippen LogP contribution in [0.3, 0.4) is 0 Å². The molecule has 0 N–H and O–H groups in total. The summed E-state index contributed by atoms with van der Waals surface area (Å²) in [6, 6.07) is 15.7. The van der Waals surface area contributed by atoms with E-state index < -0.39 is 0 Å². The van der Waals surface area contributed by atoms with Gasteiger partial charge in [0.05, 0.1) is 0 Å². The van der Waals surface area contributed by atoms with Gasteiger partial charge in [-0.3, -0.25) is 9.78 Å². The Morgan fingerprint density at radius 1 is 1.07 bits per heavy atom. The van der Waals surface area contributed by atoms with E-state index in [9.17, 15) is 4.79 Å². The molecule has 1 aliphatic rings. The number of benzene rings is 1. The lowest BCUT2D eigenvalue weighted by atomic mass is 10.1. The van der Waals surface area contributed by atoms with Crippen LogP contribution in [0.15, 0.2) is 67.1 Å². The van der Waals surface area contributed by atoms with Gasteiger partial charge in [0.15, 0.2) is 11.5 Å². The Labute approximate surface area is 168 Å². The average molecular weight is 383 g/mol. The summed E-state index contributed by atoms with van der Waals surface area (Å²) in [6.45, 7) is 3.39. The van der Waals surface area contributed by atoms with Gasteiger partial charge in [-0.25, -0.2) is 9.50 Å². The van der Waals surface area contributed by atoms with Crippen LogP contribution in [0.5, 0.6) is 0 Å². The summed E-state index contributed by atoms with van der Waals surface area (Å²) in [4.78, 5) is 23.5. The topological polar surface area (TPSA) is 63.4 Å². The second-order valence-electron chi connectivity index (χ2n) is 7.53. The van der Waals surface area contributed by atoms with Crippen molar-refractivity contribution in [3.05, 3.63) is 84.1 Å². The number of amides is 1. The number of nitrogens with zero attached hydrogens (tertiary/aromatic N) is 5. The van der Waals surface area contributed by atoms with Crippen LogP contribution in [0.25, 0.3) is 16.8 Å². The third-order valence-corrected chi connectivity index (χ3v) is 5.47. The minimum Gasteiger partial charge on any atom is -0.338 e. The van der Waals surface area contributed by atoms with Crippen molar-refractivity contribution in [1.82, 2.24) is 24.5 Å². The van der Waals surface area contributed by atoms with Gasteiger partial charge in [0.2, 0.25) is 0 Å². The van der Waals surface area contributed by atoms with Gasteiger partial charge in [-0.2, -0.15) is 5.10 Å². The Balaban J connectivity index is 1.37. The predicted octanol–water partition coefficient (Wildman–Crippen LogP) is 3.73. The van der Waals surface area contributed by atoms with E-state index in [-0.39, 0.29) is 11.8 Å². The number of hydrogen-bond acceptors (Lipinski definition) is 4. The Morgan fingerprint density at radius 2 is 1.93 bits per heavy atom. The first-order valence-electron chi connectivity index (χ1n) is 9.80. The Bertz CT molecular complexity index is 1180. The van der Waals surface area contributed by atoms with E-state index in [1.807, 2.05) is 71.1 Å². The molecule has 3 aromatic heterocycles. The number of likely N-dealkylation sites (tertiary alicyclic amines) is 1. The minimum absolute atomic E-state index is 0.0833. The largest absolute Gasteiger partial charge is 0.338 e. The van der Waals surface area contributed by atoms with Crippen LogP contribution < -0.4 is 0 Å². The molecule has 4 aromatic rings. The first-order chi connectivity index (χ1) is 14.2. The highest BCUT2D eigenvalue weighted by Crippen LogP contribution is 2.27. The van der Waals surface area contributed by atoms with Gasteiger partial charge in [0.25, 0.3) is 5.91 Å². The molecule has 4 heterocycles. The quantitative estimate of drug-likeness (QED) is 0.541. The monoisotopic (exact) mass is 383 g/mol. The highest BCUT2D eigenvalue weighted by molar-refractivity contribution is 5.94. The van der Waals surface area contributed by atoms with Crippen molar-refractivity contribution in [2.24, 2.45) is 0 Å². The smallest absolute Gasteiger partial charge is 0.253 e. The number of fused-ring (bicyclic) bond motifs is 1. The summed E-state index contributed by atoms with van der Waals surface area (Å²) in [6.07, 6.45) is 6.44. The maximum atomic E-state index is 12.8. The molecule has 1 amide bonds. The van der Waals surface area contributed by atoms with Crippen molar-refractivity contribution in [2.45, 2.75) is 19.3 Å². The van der Waals surface area contributed by atoms with Crippen molar-refractivity contribution in [2.75, 3.05) is 13.1 Å². The number of rotatable bonds is 3. The average Bonchev–Trinajstić information content (AvgIpc) is 3.40. The van der Waals surface area contributed by atoms with Crippen molar-refractivity contribution in [3.63, 3.8) is 0 Å². The zero-order valence-corrected chi connectivity index (χ0v) is 16.2. The number of carbonyl (C=O) groups is 1. The SMILES string of the molecule is Cc1cccc(C(=O)N2CC[C@@H](c3nc4ccc(-c5ccncc5)cn4n3)C2)c1. The molecule has 1 fully saturated rings. The fourth-order valence-electron chi connectivity index (χ4n) is 3.90. The molecular formula is C23H21N5O. The highest BCUT2D eigenvalue weighted by Gasteiger charge is 2.30. The van der Waals surface area contributed by atoms with Crippen LogP contribution >= 0.6 is 0 Å². The standard InChI is InChI=1S/C23H21N5O/c1-16-3-2-4-18(13-16)23(29)27-12-9-20(14-27)22-25-21-6-5-19(15-28(21)26-22)17-7-10-24-11-8-17/h2-8,10-11,13,15,20H,9,12,14H2,1H3/t20-/m1/s1. The minimum atomic E-state index is 0.0833. The maximum absolute atomic E-state index is 12.8. The second-order valence-corrected chi connectivity index (χ2v) is 7.53. The lowest BCUT2D eigenvalue weighted by Gasteiger charge is -2.16. The third-order valence-electron chi connectivity index (χ3n) is 5.47. The second kappa shape index (κ2) is 7.13. The van der Waals surface area contributed by atoms with Crippen molar-refractivity contribution < 1.29 is 4.79 Å². The highest BCUT2D eigenvalue weighted by atomic mass is 16.2. The van der Waals surface area contributed by atoms with E-state index in [2.05, 4.69) is 4.98 Å². The van der Waals surface area contributed by atoms with E-state index >= 15 is 0 Å². The van der Waals surface area contributed by atoms with Crippen LogP contribution in [0.1, 0.15) is 34.1 Å². The van der Waals surface area contributed by atoms with Crippen LogP contribution in [0.4, 0.5) is 0 Å². The van der Waals surface area contributed by atoms with Gasteiger partial charge in [0.1, 0.15) is 0 Å². The van der Waals surface area contributed by atoms with E-state index in [0.717, 1.165) is 46.7 Å². The predicted molar refractivity (Wildman–Crippen MR) is 111 cm³/mol. The fourth-order valence-corrected chi connectivity index (χ4v) is 3.90. The molecule has 1 atom stereocenters. The molecule has 0 radical (unpaired) electrons. The molecule has 0 aliphatic carbocycles.